The van der Waals surface area contributed by atoms with Gasteiger partial charge in [0.2, 0.25) is 0 Å². The number of rotatable bonds is 7. The summed E-state index contributed by atoms with van der Waals surface area (Å²) in [7, 11) is 0. The van der Waals surface area contributed by atoms with Crippen LogP contribution in [0.4, 0.5) is 24.0 Å². The van der Waals surface area contributed by atoms with Crippen LogP contribution in [0.3, 0.4) is 0 Å². The molecule has 114 valence electrons. The molecule has 0 unspecified atom stereocenters. The number of halogens is 3. The van der Waals surface area contributed by atoms with Gasteiger partial charge in [0, 0.05) is 6.54 Å². The molecule has 0 aliphatic heterocycles. The molecule has 0 aliphatic rings. The van der Waals surface area contributed by atoms with Gasteiger partial charge in [0.15, 0.2) is 5.82 Å². The minimum Gasteiger partial charge on any atom is -0.462 e. The van der Waals surface area contributed by atoms with Crippen LogP contribution in [0, 0.1) is 0 Å². The first-order valence-corrected chi connectivity index (χ1v) is 6.43. The molecule has 3 N–H and O–H groups in total. The highest BCUT2D eigenvalue weighted by molar-refractivity contribution is 7.11. The quantitative estimate of drug-likeness (QED) is 0.590. The predicted octanol–water partition coefficient (Wildman–Crippen LogP) is 1.89. The van der Waals surface area contributed by atoms with Crippen LogP contribution >= 0.6 is 11.5 Å². The molecule has 0 fully saturated rings. The summed E-state index contributed by atoms with van der Waals surface area (Å²) >= 11 is 0.929. The minimum atomic E-state index is -4.36. The number of carbonyl (C=O) groups excluding carboxylic acids is 1. The zero-order valence-electron chi connectivity index (χ0n) is 10.6. The second kappa shape index (κ2) is 7.29. The van der Waals surface area contributed by atoms with Crippen molar-refractivity contribution in [3.63, 3.8) is 0 Å². The highest BCUT2D eigenvalue weighted by Crippen LogP contribution is 2.27. The molecule has 0 bridgehead atoms. The fourth-order valence-electron chi connectivity index (χ4n) is 1.25. The van der Waals surface area contributed by atoms with Gasteiger partial charge < -0.3 is 20.5 Å². The van der Waals surface area contributed by atoms with Crippen molar-refractivity contribution in [3.05, 3.63) is 5.56 Å². The number of nitrogen functional groups attached to an aromatic ring is 1. The Bertz CT molecular complexity index is 451. The largest absolute Gasteiger partial charge is 0.462 e. The highest BCUT2D eigenvalue weighted by atomic mass is 32.1. The van der Waals surface area contributed by atoms with Crippen LogP contribution in [0.15, 0.2) is 0 Å². The Balaban J connectivity index is 2.46. The van der Waals surface area contributed by atoms with Crippen LogP contribution in [0.25, 0.3) is 0 Å². The third-order valence-corrected chi connectivity index (χ3v) is 2.81. The van der Waals surface area contributed by atoms with Crippen molar-refractivity contribution in [2.75, 3.05) is 37.4 Å². The van der Waals surface area contributed by atoms with Crippen molar-refractivity contribution < 1.29 is 27.4 Å². The number of ether oxygens (including phenoxy) is 2. The number of nitrogens with one attached hydrogen (secondary N) is 1. The molecular formula is C10H14F3N3O3S. The summed E-state index contributed by atoms with van der Waals surface area (Å²) in [6, 6.07) is 0. The lowest BCUT2D eigenvalue weighted by Crippen LogP contribution is -2.20. The molecule has 6 nitrogen and oxygen atoms in total. The first-order valence-electron chi connectivity index (χ1n) is 5.65. The fraction of sp³-hybridized carbons (Fsp3) is 0.600. The van der Waals surface area contributed by atoms with Crippen molar-refractivity contribution in [1.29, 1.82) is 0 Å². The average molecular weight is 313 g/mol. The van der Waals surface area contributed by atoms with Gasteiger partial charge >= 0.3 is 12.1 Å². The van der Waals surface area contributed by atoms with E-state index in [2.05, 4.69) is 14.4 Å². The molecule has 1 aromatic heterocycles. The summed E-state index contributed by atoms with van der Waals surface area (Å²) in [6.45, 7) is 0.433. The number of hydrogen-bond acceptors (Lipinski definition) is 7. The molecule has 1 rings (SSSR count). The van der Waals surface area contributed by atoms with Gasteiger partial charge in [-0.2, -0.15) is 17.5 Å². The second-order valence-electron chi connectivity index (χ2n) is 3.59. The second-order valence-corrected chi connectivity index (χ2v) is 4.36. The van der Waals surface area contributed by atoms with Crippen molar-refractivity contribution in [2.24, 2.45) is 0 Å². The summed E-state index contributed by atoms with van der Waals surface area (Å²) in [5.74, 6) is -0.607. The highest BCUT2D eigenvalue weighted by Gasteiger charge is 2.27. The number of nitrogens with zero attached hydrogens (tertiary/aromatic N) is 1. The number of anilines is 2. The minimum absolute atomic E-state index is 0.0205. The van der Waals surface area contributed by atoms with E-state index in [1.165, 1.54) is 0 Å². The van der Waals surface area contributed by atoms with E-state index in [0.717, 1.165) is 11.5 Å². The molecule has 10 heteroatoms. The Labute approximate surface area is 117 Å². The molecule has 0 radical (unpaired) electrons. The lowest BCUT2D eigenvalue weighted by atomic mass is 10.3. The predicted molar refractivity (Wildman–Crippen MR) is 67.8 cm³/mol. The van der Waals surface area contributed by atoms with E-state index in [-0.39, 0.29) is 31.1 Å². The number of alkyl halides is 3. The standard InChI is InChI=1S/C10H14F3N3O3S/c1-2-19-9(17)6-7(14)16-20-8(6)15-3-4-18-5-10(11,12)13/h15H,2-5H2,1H3,(H2,14,16). The van der Waals surface area contributed by atoms with E-state index < -0.39 is 18.8 Å². The van der Waals surface area contributed by atoms with Crippen LogP contribution in [0.1, 0.15) is 17.3 Å². The van der Waals surface area contributed by atoms with Crippen molar-refractivity contribution >= 4 is 28.3 Å². The number of nitrogens with two attached hydrogens (primary N) is 1. The zero-order chi connectivity index (χ0) is 15.2. The third kappa shape index (κ3) is 5.21. The molecule has 0 saturated heterocycles. The molecule has 0 aromatic carbocycles. The number of carbonyl (C=O) groups is 1. The SMILES string of the molecule is CCOC(=O)c1c(N)nsc1NCCOCC(F)(F)F. The van der Waals surface area contributed by atoms with Gasteiger partial charge in [-0.1, -0.05) is 0 Å². The summed E-state index contributed by atoms with van der Waals surface area (Å²) in [4.78, 5) is 11.6. The van der Waals surface area contributed by atoms with Crippen molar-refractivity contribution in [1.82, 2.24) is 4.37 Å². The Morgan fingerprint density at radius 1 is 1.50 bits per heavy atom. The van der Waals surface area contributed by atoms with Gasteiger partial charge in [0.05, 0.1) is 13.2 Å². The molecule has 0 aliphatic carbocycles. The fourth-order valence-corrected chi connectivity index (χ4v) is 1.97. The van der Waals surface area contributed by atoms with E-state index in [0.29, 0.717) is 5.00 Å². The van der Waals surface area contributed by atoms with Gasteiger partial charge in [-0.05, 0) is 18.5 Å². The molecular weight excluding hydrogens is 299 g/mol. The Hall–Kier alpha value is -1.55. The summed E-state index contributed by atoms with van der Waals surface area (Å²) in [5, 5.41) is 3.09. The van der Waals surface area contributed by atoms with Crippen LogP contribution in [-0.4, -0.2) is 42.9 Å². The molecule has 1 aromatic rings. The topological polar surface area (TPSA) is 86.5 Å². The smallest absolute Gasteiger partial charge is 0.411 e. The van der Waals surface area contributed by atoms with Crippen LogP contribution < -0.4 is 11.1 Å². The molecule has 0 amide bonds. The van der Waals surface area contributed by atoms with Gasteiger partial charge in [-0.15, -0.1) is 0 Å². The molecule has 1 heterocycles. The monoisotopic (exact) mass is 313 g/mol. The van der Waals surface area contributed by atoms with Crippen molar-refractivity contribution in [2.45, 2.75) is 13.1 Å². The third-order valence-electron chi connectivity index (χ3n) is 2.00. The first-order chi connectivity index (χ1) is 9.35. The van der Waals surface area contributed by atoms with Crippen LogP contribution in [0.5, 0.6) is 0 Å². The Morgan fingerprint density at radius 2 is 2.20 bits per heavy atom. The normalized spacial score (nSPS) is 11.4. The van der Waals surface area contributed by atoms with Crippen LogP contribution in [0.2, 0.25) is 0 Å². The maximum atomic E-state index is 11.8. The average Bonchev–Trinajstić information content (AvgIpc) is 2.69. The molecule has 0 spiro atoms. The maximum Gasteiger partial charge on any atom is 0.411 e. The molecule has 0 atom stereocenters. The summed E-state index contributed by atoms with van der Waals surface area (Å²) in [6.07, 6.45) is -4.36. The number of hydrogen-bond donors (Lipinski definition) is 2. The molecule has 20 heavy (non-hydrogen) atoms. The lowest BCUT2D eigenvalue weighted by molar-refractivity contribution is -0.172. The van der Waals surface area contributed by atoms with E-state index in [1.807, 2.05) is 0 Å². The lowest BCUT2D eigenvalue weighted by Gasteiger charge is -2.09. The van der Waals surface area contributed by atoms with Gasteiger partial charge in [-0.3, -0.25) is 0 Å². The van der Waals surface area contributed by atoms with E-state index >= 15 is 0 Å². The summed E-state index contributed by atoms with van der Waals surface area (Å²) < 4.78 is 48.5. The van der Waals surface area contributed by atoms with Crippen LogP contribution in [-0.2, 0) is 9.47 Å². The van der Waals surface area contributed by atoms with Gasteiger partial charge in [-0.25, -0.2) is 4.79 Å². The van der Waals surface area contributed by atoms with E-state index in [4.69, 9.17) is 10.5 Å². The van der Waals surface area contributed by atoms with Crippen molar-refractivity contribution in [3.8, 4) is 0 Å². The van der Waals surface area contributed by atoms with Gasteiger partial charge in [0.25, 0.3) is 0 Å². The number of esters is 1. The van der Waals surface area contributed by atoms with E-state index in [9.17, 15) is 18.0 Å². The molecule has 0 saturated carbocycles. The first kappa shape index (κ1) is 16.5. The Kier molecular flexibility index (Phi) is 6.02. The zero-order valence-corrected chi connectivity index (χ0v) is 11.4. The number of aromatic nitrogens is 1. The Morgan fingerprint density at radius 3 is 2.80 bits per heavy atom. The van der Waals surface area contributed by atoms with Gasteiger partial charge in [0.1, 0.15) is 17.2 Å². The summed E-state index contributed by atoms with van der Waals surface area (Å²) in [5.41, 5.74) is 5.63. The van der Waals surface area contributed by atoms with E-state index in [1.54, 1.807) is 6.92 Å². The maximum absolute atomic E-state index is 11.8.